The second-order valence-corrected chi connectivity index (χ2v) is 6.85. The molecule has 0 bridgehead atoms. The summed E-state index contributed by atoms with van der Waals surface area (Å²) in [4.78, 5) is 14.8. The molecule has 2 rings (SSSR count). The van der Waals surface area contributed by atoms with E-state index >= 15 is 0 Å². The van der Waals surface area contributed by atoms with Crippen LogP contribution < -0.4 is 10.6 Å². The predicted octanol–water partition coefficient (Wildman–Crippen LogP) is 1.61. The van der Waals surface area contributed by atoms with E-state index in [1.54, 1.807) is 0 Å². The Labute approximate surface area is 123 Å². The molecule has 0 aliphatic carbocycles. The van der Waals surface area contributed by atoms with Crippen molar-refractivity contribution in [1.29, 1.82) is 0 Å². The van der Waals surface area contributed by atoms with E-state index in [2.05, 4.69) is 36.3 Å². The van der Waals surface area contributed by atoms with Crippen LogP contribution in [0.15, 0.2) is 0 Å². The Kier molecular flexibility index (Phi) is 5.85. The van der Waals surface area contributed by atoms with Crippen LogP contribution in [-0.2, 0) is 4.79 Å². The summed E-state index contributed by atoms with van der Waals surface area (Å²) in [6, 6.07) is 0.646. The smallest absolute Gasteiger partial charge is 0.237 e. The molecule has 2 aliphatic heterocycles. The first kappa shape index (κ1) is 15.8. The first-order valence-corrected chi connectivity index (χ1v) is 8.33. The minimum absolute atomic E-state index is 0.0242. The molecule has 116 valence electrons. The maximum absolute atomic E-state index is 12.3. The van der Waals surface area contributed by atoms with E-state index in [-0.39, 0.29) is 11.9 Å². The van der Waals surface area contributed by atoms with E-state index in [1.165, 1.54) is 25.7 Å². The zero-order chi connectivity index (χ0) is 14.5. The molecule has 20 heavy (non-hydrogen) atoms. The molecule has 0 aromatic heterocycles. The summed E-state index contributed by atoms with van der Waals surface area (Å²) in [6.45, 7) is 10.5. The van der Waals surface area contributed by atoms with Crippen LogP contribution in [0.3, 0.4) is 0 Å². The van der Waals surface area contributed by atoms with E-state index in [9.17, 15) is 4.79 Å². The number of nitrogens with one attached hydrogen (secondary N) is 2. The van der Waals surface area contributed by atoms with Crippen molar-refractivity contribution in [2.24, 2.45) is 11.8 Å². The van der Waals surface area contributed by atoms with Crippen LogP contribution >= 0.6 is 0 Å². The van der Waals surface area contributed by atoms with Crippen molar-refractivity contribution in [1.82, 2.24) is 15.5 Å². The van der Waals surface area contributed by atoms with E-state index < -0.39 is 0 Å². The number of hydrogen-bond donors (Lipinski definition) is 2. The zero-order valence-electron chi connectivity index (χ0n) is 13.3. The summed E-state index contributed by atoms with van der Waals surface area (Å²) in [5.41, 5.74) is 0. The van der Waals surface area contributed by atoms with E-state index in [0.29, 0.717) is 12.0 Å². The highest BCUT2D eigenvalue weighted by Gasteiger charge is 2.36. The van der Waals surface area contributed by atoms with Gasteiger partial charge in [-0.3, -0.25) is 9.69 Å². The van der Waals surface area contributed by atoms with E-state index in [0.717, 1.165) is 32.1 Å². The van der Waals surface area contributed by atoms with Gasteiger partial charge in [0.05, 0.1) is 6.04 Å². The summed E-state index contributed by atoms with van der Waals surface area (Å²) in [6.07, 6.45) is 5.05. The fraction of sp³-hybridized carbons (Fsp3) is 0.938. The molecule has 2 aliphatic rings. The molecule has 0 aromatic rings. The van der Waals surface area contributed by atoms with Gasteiger partial charge in [-0.2, -0.15) is 0 Å². The van der Waals surface area contributed by atoms with Gasteiger partial charge in [0.15, 0.2) is 0 Å². The third kappa shape index (κ3) is 3.95. The molecule has 1 amide bonds. The molecule has 0 radical (unpaired) electrons. The Morgan fingerprint density at radius 2 is 1.95 bits per heavy atom. The normalized spacial score (nSPS) is 26.9. The van der Waals surface area contributed by atoms with Gasteiger partial charge in [0.25, 0.3) is 0 Å². The van der Waals surface area contributed by atoms with Crippen molar-refractivity contribution in [3.05, 3.63) is 0 Å². The molecule has 2 fully saturated rings. The Morgan fingerprint density at radius 1 is 1.25 bits per heavy atom. The average Bonchev–Trinajstić information content (AvgIpc) is 2.94. The maximum atomic E-state index is 12.3. The largest absolute Gasteiger partial charge is 0.354 e. The number of amides is 1. The van der Waals surface area contributed by atoms with Crippen molar-refractivity contribution >= 4 is 5.91 Å². The maximum Gasteiger partial charge on any atom is 0.237 e. The van der Waals surface area contributed by atoms with Gasteiger partial charge in [-0.05, 0) is 64.1 Å². The molecule has 4 heteroatoms. The third-order valence-electron chi connectivity index (χ3n) is 4.83. The SMILES string of the molecule is CC(C)CNC(=O)C(C)N1CCCC1C1CCNCC1. The highest BCUT2D eigenvalue weighted by Crippen LogP contribution is 2.30. The lowest BCUT2D eigenvalue weighted by Crippen LogP contribution is -2.51. The van der Waals surface area contributed by atoms with Gasteiger partial charge >= 0.3 is 0 Å². The van der Waals surface area contributed by atoms with Gasteiger partial charge in [0.1, 0.15) is 0 Å². The van der Waals surface area contributed by atoms with Crippen LogP contribution in [0.4, 0.5) is 0 Å². The Balaban J connectivity index is 1.89. The predicted molar refractivity (Wildman–Crippen MR) is 82.6 cm³/mol. The standard InChI is InChI=1S/C16H31N3O/c1-12(2)11-18-16(20)13(3)19-10-4-5-15(19)14-6-8-17-9-7-14/h12-15,17H,4-11H2,1-3H3,(H,18,20). The fourth-order valence-electron chi connectivity index (χ4n) is 3.63. The molecular weight excluding hydrogens is 250 g/mol. The molecule has 0 saturated carbocycles. The minimum atomic E-state index is 0.0242. The Bertz CT molecular complexity index is 313. The van der Waals surface area contributed by atoms with Crippen LogP contribution in [0.5, 0.6) is 0 Å². The van der Waals surface area contributed by atoms with E-state index in [4.69, 9.17) is 0 Å². The molecule has 0 spiro atoms. The van der Waals surface area contributed by atoms with Crippen LogP contribution in [0.2, 0.25) is 0 Å². The van der Waals surface area contributed by atoms with Crippen LogP contribution in [0, 0.1) is 11.8 Å². The summed E-state index contributed by atoms with van der Waals surface area (Å²) in [5, 5.41) is 6.53. The monoisotopic (exact) mass is 281 g/mol. The van der Waals surface area contributed by atoms with Gasteiger partial charge in [-0.25, -0.2) is 0 Å². The Morgan fingerprint density at radius 3 is 2.60 bits per heavy atom. The van der Waals surface area contributed by atoms with Gasteiger partial charge in [0, 0.05) is 12.6 Å². The summed E-state index contributed by atoms with van der Waals surface area (Å²) < 4.78 is 0. The second-order valence-electron chi connectivity index (χ2n) is 6.85. The van der Waals surface area contributed by atoms with Gasteiger partial charge in [0.2, 0.25) is 5.91 Å². The van der Waals surface area contributed by atoms with E-state index in [1.807, 2.05) is 0 Å². The molecule has 2 N–H and O–H groups in total. The second kappa shape index (κ2) is 7.41. The number of likely N-dealkylation sites (tertiary alicyclic amines) is 1. The molecular formula is C16H31N3O. The molecule has 2 saturated heterocycles. The highest BCUT2D eigenvalue weighted by molar-refractivity contribution is 5.81. The molecule has 4 nitrogen and oxygen atoms in total. The van der Waals surface area contributed by atoms with Gasteiger partial charge in [-0.15, -0.1) is 0 Å². The molecule has 0 aromatic carbocycles. The number of piperidine rings is 1. The molecule has 2 atom stereocenters. The van der Waals surface area contributed by atoms with Crippen molar-refractivity contribution < 1.29 is 4.79 Å². The summed E-state index contributed by atoms with van der Waals surface area (Å²) in [7, 11) is 0. The number of carbonyl (C=O) groups is 1. The van der Waals surface area contributed by atoms with Crippen LogP contribution in [0.25, 0.3) is 0 Å². The lowest BCUT2D eigenvalue weighted by Gasteiger charge is -2.37. The number of rotatable bonds is 5. The first-order chi connectivity index (χ1) is 9.59. The first-order valence-electron chi connectivity index (χ1n) is 8.33. The number of nitrogens with zero attached hydrogens (tertiary/aromatic N) is 1. The summed E-state index contributed by atoms with van der Waals surface area (Å²) in [5.74, 6) is 1.50. The lowest BCUT2D eigenvalue weighted by atomic mass is 9.88. The van der Waals surface area contributed by atoms with Crippen LogP contribution in [-0.4, -0.2) is 49.1 Å². The quantitative estimate of drug-likeness (QED) is 0.805. The zero-order valence-corrected chi connectivity index (χ0v) is 13.3. The summed E-state index contributed by atoms with van der Waals surface area (Å²) >= 11 is 0. The molecule has 2 heterocycles. The average molecular weight is 281 g/mol. The molecule has 2 unspecified atom stereocenters. The topological polar surface area (TPSA) is 44.4 Å². The van der Waals surface area contributed by atoms with Crippen molar-refractivity contribution in [2.45, 2.75) is 58.5 Å². The lowest BCUT2D eigenvalue weighted by molar-refractivity contribution is -0.126. The minimum Gasteiger partial charge on any atom is -0.354 e. The number of hydrogen-bond acceptors (Lipinski definition) is 3. The van der Waals surface area contributed by atoms with Crippen LogP contribution in [0.1, 0.15) is 46.5 Å². The van der Waals surface area contributed by atoms with Gasteiger partial charge < -0.3 is 10.6 Å². The van der Waals surface area contributed by atoms with Crippen molar-refractivity contribution in [3.63, 3.8) is 0 Å². The Hall–Kier alpha value is -0.610. The van der Waals surface area contributed by atoms with Crippen molar-refractivity contribution in [3.8, 4) is 0 Å². The third-order valence-corrected chi connectivity index (χ3v) is 4.83. The fourth-order valence-corrected chi connectivity index (χ4v) is 3.63. The highest BCUT2D eigenvalue weighted by atomic mass is 16.2. The number of carbonyl (C=O) groups excluding carboxylic acids is 1. The van der Waals surface area contributed by atoms with Crippen molar-refractivity contribution in [2.75, 3.05) is 26.2 Å². The van der Waals surface area contributed by atoms with Gasteiger partial charge in [-0.1, -0.05) is 13.8 Å².